The predicted octanol–water partition coefficient (Wildman–Crippen LogP) is 6.42. The zero-order valence-electron chi connectivity index (χ0n) is 14.4. The molecule has 1 aromatic rings. The Kier molecular flexibility index (Phi) is 9.14. The van der Waals surface area contributed by atoms with Crippen LogP contribution in [0.2, 0.25) is 5.15 Å². The van der Waals surface area contributed by atoms with Gasteiger partial charge in [0.1, 0.15) is 3.70 Å². The van der Waals surface area contributed by atoms with Crippen LogP contribution in [0.15, 0.2) is 0 Å². The first-order valence-electron chi connectivity index (χ1n) is 8.48. The van der Waals surface area contributed by atoms with Gasteiger partial charge in [-0.2, -0.15) is 5.10 Å². The van der Waals surface area contributed by atoms with E-state index in [1.807, 2.05) is 0 Å². The molecule has 0 aromatic carbocycles. The molecule has 0 radical (unpaired) electrons. The second-order valence-corrected chi connectivity index (χ2v) is 7.67. The Bertz CT molecular complexity index is 450. The Morgan fingerprint density at radius 1 is 1.09 bits per heavy atom. The summed E-state index contributed by atoms with van der Waals surface area (Å²) >= 11 is 8.54. The van der Waals surface area contributed by atoms with Crippen LogP contribution >= 0.6 is 34.2 Å². The van der Waals surface area contributed by atoms with Gasteiger partial charge in [0, 0.05) is 0 Å². The monoisotopic (exact) mass is 440 g/mol. The number of hydrogen-bond donors (Lipinski definition) is 0. The van der Waals surface area contributed by atoms with Gasteiger partial charge in [0.25, 0.3) is 0 Å². The normalized spacial score (nSPS) is 14.1. The van der Waals surface area contributed by atoms with Crippen LogP contribution in [0, 0.1) is 3.70 Å². The van der Waals surface area contributed by atoms with Crippen molar-refractivity contribution >= 4 is 34.2 Å². The average Bonchev–Trinajstić information content (AvgIpc) is 2.80. The molecule has 0 spiro atoms. The molecule has 0 aliphatic rings. The summed E-state index contributed by atoms with van der Waals surface area (Å²) in [7, 11) is 1.66. The van der Waals surface area contributed by atoms with Crippen molar-refractivity contribution in [1.82, 2.24) is 9.78 Å². The minimum atomic E-state index is 0.0270. The van der Waals surface area contributed by atoms with Gasteiger partial charge < -0.3 is 4.74 Å². The van der Waals surface area contributed by atoms with E-state index in [-0.39, 0.29) is 5.54 Å². The van der Waals surface area contributed by atoms with Crippen LogP contribution in [0.1, 0.15) is 78.6 Å². The number of hydrogen-bond acceptors (Lipinski definition) is 2. The number of aromatic nitrogens is 2. The van der Waals surface area contributed by atoms with E-state index < -0.39 is 0 Å². The van der Waals surface area contributed by atoms with Crippen LogP contribution in [0.5, 0.6) is 5.75 Å². The van der Waals surface area contributed by atoms with Crippen molar-refractivity contribution < 1.29 is 4.74 Å². The molecule has 3 nitrogen and oxygen atoms in total. The highest BCUT2D eigenvalue weighted by Crippen LogP contribution is 2.37. The first-order chi connectivity index (χ1) is 10.5. The van der Waals surface area contributed by atoms with Crippen molar-refractivity contribution in [2.75, 3.05) is 7.11 Å². The lowest BCUT2D eigenvalue weighted by Gasteiger charge is -2.31. The lowest BCUT2D eigenvalue weighted by atomic mass is 9.88. The summed E-state index contributed by atoms with van der Waals surface area (Å²) < 4.78 is 8.50. The highest BCUT2D eigenvalue weighted by Gasteiger charge is 2.31. The van der Waals surface area contributed by atoms with Gasteiger partial charge in [-0.05, 0) is 42.4 Å². The number of halogens is 2. The first-order valence-corrected chi connectivity index (χ1v) is 9.94. The van der Waals surface area contributed by atoms with E-state index in [2.05, 4.69) is 53.1 Å². The lowest BCUT2D eigenvalue weighted by Crippen LogP contribution is -2.32. The highest BCUT2D eigenvalue weighted by atomic mass is 127. The number of rotatable bonds is 11. The smallest absolute Gasteiger partial charge is 0.194 e. The standard InChI is InChI=1S/C17H30ClIN2O/c1-5-7-9-10-11-13-17(3,12-8-6-2)21-16(19)14(22-4)15(18)20-21/h5-13H2,1-4H3. The third kappa shape index (κ3) is 5.29. The molecule has 5 heteroatoms. The van der Waals surface area contributed by atoms with Crippen LogP contribution in [0.3, 0.4) is 0 Å². The molecule has 0 N–H and O–H groups in total. The van der Waals surface area contributed by atoms with E-state index in [4.69, 9.17) is 16.3 Å². The van der Waals surface area contributed by atoms with Gasteiger partial charge >= 0.3 is 0 Å². The van der Waals surface area contributed by atoms with Gasteiger partial charge in [-0.3, -0.25) is 0 Å². The van der Waals surface area contributed by atoms with E-state index in [1.165, 1.54) is 44.9 Å². The summed E-state index contributed by atoms with van der Waals surface area (Å²) in [4.78, 5) is 0. The maximum Gasteiger partial charge on any atom is 0.194 e. The van der Waals surface area contributed by atoms with E-state index in [9.17, 15) is 0 Å². The number of ether oxygens (including phenoxy) is 1. The zero-order chi connectivity index (χ0) is 16.6. The lowest BCUT2D eigenvalue weighted by molar-refractivity contribution is 0.223. The quantitative estimate of drug-likeness (QED) is 0.293. The van der Waals surface area contributed by atoms with E-state index in [1.54, 1.807) is 7.11 Å². The summed E-state index contributed by atoms with van der Waals surface area (Å²) in [5, 5.41) is 5.04. The fourth-order valence-electron chi connectivity index (χ4n) is 2.89. The van der Waals surface area contributed by atoms with Gasteiger partial charge in [0.05, 0.1) is 12.6 Å². The molecule has 0 saturated heterocycles. The molecule has 0 aliphatic carbocycles. The summed E-state index contributed by atoms with van der Waals surface area (Å²) in [6.07, 6.45) is 11.2. The Labute approximate surface area is 154 Å². The fraction of sp³-hybridized carbons (Fsp3) is 0.824. The Hall–Kier alpha value is 0.0300. The van der Waals surface area contributed by atoms with Crippen LogP contribution in [-0.4, -0.2) is 16.9 Å². The molecule has 1 atom stereocenters. The molecule has 1 rings (SSSR count). The molecule has 0 fully saturated rings. The predicted molar refractivity (Wildman–Crippen MR) is 103 cm³/mol. The van der Waals surface area contributed by atoms with Gasteiger partial charge in [0.15, 0.2) is 10.9 Å². The summed E-state index contributed by atoms with van der Waals surface area (Å²) in [6, 6.07) is 0. The van der Waals surface area contributed by atoms with Crippen LogP contribution in [0.25, 0.3) is 0 Å². The molecular weight excluding hydrogens is 411 g/mol. The maximum absolute atomic E-state index is 6.23. The molecule has 22 heavy (non-hydrogen) atoms. The number of nitrogens with zero attached hydrogens (tertiary/aromatic N) is 2. The average molecular weight is 441 g/mol. The van der Waals surface area contributed by atoms with Crippen molar-refractivity contribution in [2.45, 2.75) is 84.1 Å². The minimum Gasteiger partial charge on any atom is -0.491 e. The van der Waals surface area contributed by atoms with E-state index >= 15 is 0 Å². The van der Waals surface area contributed by atoms with Crippen molar-refractivity contribution in [3.05, 3.63) is 8.85 Å². The molecule has 1 aromatic heterocycles. The largest absolute Gasteiger partial charge is 0.491 e. The van der Waals surface area contributed by atoms with E-state index in [0.29, 0.717) is 10.9 Å². The van der Waals surface area contributed by atoms with Gasteiger partial charge in [0.2, 0.25) is 0 Å². The van der Waals surface area contributed by atoms with Crippen LogP contribution in [0.4, 0.5) is 0 Å². The molecule has 1 heterocycles. The second-order valence-electron chi connectivity index (χ2n) is 6.29. The first kappa shape index (κ1) is 20.1. The molecule has 0 aliphatic heterocycles. The van der Waals surface area contributed by atoms with Crippen LogP contribution in [-0.2, 0) is 5.54 Å². The van der Waals surface area contributed by atoms with Gasteiger partial charge in [-0.25, -0.2) is 4.68 Å². The molecule has 128 valence electrons. The zero-order valence-corrected chi connectivity index (χ0v) is 17.3. The SMILES string of the molecule is CCCCCCCC(C)(CCCC)n1nc(Cl)c(OC)c1I. The third-order valence-electron chi connectivity index (χ3n) is 4.35. The topological polar surface area (TPSA) is 27.1 Å². The minimum absolute atomic E-state index is 0.0270. The fourth-order valence-corrected chi connectivity index (χ4v) is 4.46. The van der Waals surface area contributed by atoms with Crippen molar-refractivity contribution in [1.29, 1.82) is 0 Å². The molecule has 0 saturated carbocycles. The highest BCUT2D eigenvalue weighted by molar-refractivity contribution is 14.1. The maximum atomic E-state index is 6.23. The summed E-state index contributed by atoms with van der Waals surface area (Å²) in [5.41, 5.74) is 0.0270. The summed E-state index contributed by atoms with van der Waals surface area (Å²) in [5.74, 6) is 0.705. The van der Waals surface area contributed by atoms with Gasteiger partial charge in [-0.15, -0.1) is 0 Å². The Morgan fingerprint density at radius 2 is 1.68 bits per heavy atom. The van der Waals surface area contributed by atoms with Gasteiger partial charge in [-0.1, -0.05) is 70.4 Å². The van der Waals surface area contributed by atoms with Crippen molar-refractivity contribution in [3.8, 4) is 5.75 Å². The Balaban J connectivity index is 2.86. The number of unbranched alkanes of at least 4 members (excludes halogenated alkanes) is 5. The molecular formula is C17H30ClIN2O. The van der Waals surface area contributed by atoms with E-state index in [0.717, 1.165) is 16.5 Å². The van der Waals surface area contributed by atoms with Crippen LogP contribution < -0.4 is 4.74 Å². The third-order valence-corrected chi connectivity index (χ3v) is 5.55. The van der Waals surface area contributed by atoms with Crippen molar-refractivity contribution in [2.24, 2.45) is 0 Å². The molecule has 0 bridgehead atoms. The second kappa shape index (κ2) is 10.0. The van der Waals surface area contributed by atoms with Crippen molar-refractivity contribution in [3.63, 3.8) is 0 Å². The number of methoxy groups -OCH3 is 1. The summed E-state index contributed by atoms with van der Waals surface area (Å²) in [6.45, 7) is 6.81. The Morgan fingerprint density at radius 3 is 2.23 bits per heavy atom. The molecule has 0 amide bonds. The molecule has 1 unspecified atom stereocenters.